The first-order valence-corrected chi connectivity index (χ1v) is 6.63. The monoisotopic (exact) mass is 273 g/mol. The summed E-state index contributed by atoms with van der Waals surface area (Å²) in [6.07, 6.45) is 2.87. The van der Waals surface area contributed by atoms with Crippen molar-refractivity contribution in [2.24, 2.45) is 11.1 Å². The molecule has 1 aromatic carbocycles. The Kier molecular flexibility index (Phi) is 4.31. The summed E-state index contributed by atoms with van der Waals surface area (Å²) in [6, 6.07) is 5.60. The molecule has 2 nitrogen and oxygen atoms in total. The Balaban J connectivity index is 2.20. The third kappa shape index (κ3) is 3.14. The Morgan fingerprint density at radius 1 is 1.24 bits per heavy atom. The molecule has 1 aromatic rings. The molecule has 0 aromatic heterocycles. The van der Waals surface area contributed by atoms with Crippen LogP contribution in [0.1, 0.15) is 18.4 Å². The van der Waals surface area contributed by atoms with Crippen molar-refractivity contribution >= 4 is 23.2 Å². The highest BCUT2D eigenvalue weighted by Crippen LogP contribution is 2.35. The maximum atomic E-state index is 6.20. The van der Waals surface area contributed by atoms with Crippen molar-refractivity contribution in [1.82, 2.24) is 0 Å². The van der Waals surface area contributed by atoms with Gasteiger partial charge in [-0.1, -0.05) is 23.2 Å². The van der Waals surface area contributed by atoms with Crippen molar-refractivity contribution in [3.05, 3.63) is 33.8 Å². The van der Waals surface area contributed by atoms with Gasteiger partial charge in [0.25, 0.3) is 0 Å². The third-order valence-corrected chi connectivity index (χ3v) is 4.16. The van der Waals surface area contributed by atoms with Gasteiger partial charge in [0.15, 0.2) is 0 Å². The number of rotatable bonds is 3. The first-order chi connectivity index (χ1) is 8.15. The number of nitrogens with two attached hydrogens (primary N) is 1. The molecule has 0 radical (unpaired) electrons. The number of ether oxygens (including phenoxy) is 1. The lowest BCUT2D eigenvalue weighted by atomic mass is 9.75. The summed E-state index contributed by atoms with van der Waals surface area (Å²) in [4.78, 5) is 0. The Bertz CT molecular complexity index is 389. The molecule has 0 aliphatic carbocycles. The molecular weight excluding hydrogens is 257 g/mol. The van der Waals surface area contributed by atoms with Gasteiger partial charge in [0.2, 0.25) is 0 Å². The third-order valence-electron chi connectivity index (χ3n) is 3.56. The molecule has 0 atom stereocenters. The van der Waals surface area contributed by atoms with Gasteiger partial charge in [-0.15, -0.1) is 0 Å². The maximum absolute atomic E-state index is 6.20. The lowest BCUT2D eigenvalue weighted by Gasteiger charge is -2.36. The molecule has 0 unspecified atom stereocenters. The maximum Gasteiger partial charge on any atom is 0.0471 e. The molecule has 0 bridgehead atoms. The van der Waals surface area contributed by atoms with Gasteiger partial charge in [-0.25, -0.2) is 0 Å². The summed E-state index contributed by atoms with van der Waals surface area (Å²) >= 11 is 12.2. The van der Waals surface area contributed by atoms with E-state index < -0.39 is 0 Å². The van der Waals surface area contributed by atoms with E-state index in [1.54, 1.807) is 0 Å². The van der Waals surface area contributed by atoms with Gasteiger partial charge < -0.3 is 10.5 Å². The zero-order valence-corrected chi connectivity index (χ0v) is 11.2. The smallest absolute Gasteiger partial charge is 0.0471 e. The van der Waals surface area contributed by atoms with Gasteiger partial charge in [0, 0.05) is 23.3 Å². The van der Waals surface area contributed by atoms with E-state index >= 15 is 0 Å². The molecule has 1 saturated heterocycles. The highest BCUT2D eigenvalue weighted by molar-refractivity contribution is 6.33. The highest BCUT2D eigenvalue weighted by Gasteiger charge is 2.31. The first-order valence-electron chi connectivity index (χ1n) is 5.87. The summed E-state index contributed by atoms with van der Waals surface area (Å²) in [5, 5.41) is 1.50. The van der Waals surface area contributed by atoms with E-state index in [2.05, 4.69) is 0 Å². The Morgan fingerprint density at radius 3 is 2.59 bits per heavy atom. The van der Waals surface area contributed by atoms with Crippen LogP contribution in [0.15, 0.2) is 18.2 Å². The van der Waals surface area contributed by atoms with Crippen molar-refractivity contribution in [2.75, 3.05) is 19.8 Å². The van der Waals surface area contributed by atoms with Crippen LogP contribution in [0.4, 0.5) is 0 Å². The average Bonchev–Trinajstić information content (AvgIpc) is 2.35. The second-order valence-electron chi connectivity index (χ2n) is 4.73. The van der Waals surface area contributed by atoms with Crippen LogP contribution < -0.4 is 5.73 Å². The van der Waals surface area contributed by atoms with Crippen LogP contribution >= 0.6 is 23.2 Å². The largest absolute Gasteiger partial charge is 0.381 e. The molecule has 2 N–H and O–H groups in total. The van der Waals surface area contributed by atoms with E-state index in [0.717, 1.165) is 48.1 Å². The molecular formula is C13H17Cl2NO. The summed E-state index contributed by atoms with van der Waals surface area (Å²) in [7, 11) is 0. The molecule has 17 heavy (non-hydrogen) atoms. The predicted octanol–water partition coefficient (Wildman–Crippen LogP) is 3.29. The fourth-order valence-corrected chi connectivity index (χ4v) is 2.72. The van der Waals surface area contributed by atoms with Crippen molar-refractivity contribution in [3.8, 4) is 0 Å². The van der Waals surface area contributed by atoms with E-state index in [1.807, 2.05) is 18.2 Å². The molecule has 94 valence electrons. The number of benzene rings is 1. The molecule has 1 aliphatic heterocycles. The number of hydrogen-bond acceptors (Lipinski definition) is 2. The number of hydrogen-bond donors (Lipinski definition) is 1. The second kappa shape index (κ2) is 5.57. The van der Waals surface area contributed by atoms with E-state index in [9.17, 15) is 0 Å². The molecule has 1 aliphatic rings. The topological polar surface area (TPSA) is 35.2 Å². The predicted molar refractivity (Wildman–Crippen MR) is 71.7 cm³/mol. The van der Waals surface area contributed by atoms with Crippen LogP contribution in [-0.2, 0) is 11.2 Å². The van der Waals surface area contributed by atoms with Crippen molar-refractivity contribution in [3.63, 3.8) is 0 Å². The fourth-order valence-electron chi connectivity index (χ4n) is 2.34. The summed E-state index contributed by atoms with van der Waals surface area (Å²) in [5.74, 6) is 0. The van der Waals surface area contributed by atoms with Crippen molar-refractivity contribution in [2.45, 2.75) is 19.3 Å². The molecule has 1 heterocycles. The quantitative estimate of drug-likeness (QED) is 0.917. The van der Waals surface area contributed by atoms with Crippen LogP contribution in [0.3, 0.4) is 0 Å². The van der Waals surface area contributed by atoms with Crippen LogP contribution in [0.25, 0.3) is 0 Å². The van der Waals surface area contributed by atoms with Gasteiger partial charge in [0.1, 0.15) is 0 Å². The van der Waals surface area contributed by atoms with Crippen LogP contribution in [0, 0.1) is 5.41 Å². The minimum Gasteiger partial charge on any atom is -0.381 e. The number of halogens is 2. The van der Waals surface area contributed by atoms with Gasteiger partial charge in [-0.05, 0) is 55.0 Å². The minimum absolute atomic E-state index is 0.118. The van der Waals surface area contributed by atoms with E-state index in [1.165, 1.54) is 0 Å². The molecule has 2 rings (SSSR count). The van der Waals surface area contributed by atoms with Gasteiger partial charge in [-0.2, -0.15) is 0 Å². The lowest BCUT2D eigenvalue weighted by molar-refractivity contribution is 0.0191. The zero-order valence-electron chi connectivity index (χ0n) is 9.72. The average molecular weight is 274 g/mol. The molecule has 1 fully saturated rings. The lowest BCUT2D eigenvalue weighted by Crippen LogP contribution is -2.38. The zero-order chi connectivity index (χ0) is 12.3. The molecule has 0 saturated carbocycles. The molecule has 0 amide bonds. The van der Waals surface area contributed by atoms with Crippen LogP contribution in [0.5, 0.6) is 0 Å². The minimum atomic E-state index is 0.118. The Morgan fingerprint density at radius 2 is 1.94 bits per heavy atom. The van der Waals surface area contributed by atoms with E-state index in [0.29, 0.717) is 6.54 Å². The second-order valence-corrected chi connectivity index (χ2v) is 5.57. The standard InChI is InChI=1S/C13H17Cl2NO/c14-11-1-2-12(15)10(7-11)8-13(9-16)3-5-17-6-4-13/h1-2,7H,3-6,8-9,16H2. The van der Waals surface area contributed by atoms with Crippen LogP contribution in [0.2, 0.25) is 10.0 Å². The Labute approximate surface area is 112 Å². The van der Waals surface area contributed by atoms with Crippen LogP contribution in [-0.4, -0.2) is 19.8 Å². The fraction of sp³-hybridized carbons (Fsp3) is 0.538. The van der Waals surface area contributed by atoms with Gasteiger partial charge in [0.05, 0.1) is 0 Å². The first kappa shape index (κ1) is 13.2. The normalized spacial score (nSPS) is 19.2. The Hall–Kier alpha value is -0.280. The highest BCUT2D eigenvalue weighted by atomic mass is 35.5. The van der Waals surface area contributed by atoms with E-state index in [4.69, 9.17) is 33.7 Å². The molecule has 4 heteroatoms. The van der Waals surface area contributed by atoms with E-state index in [-0.39, 0.29) is 5.41 Å². The van der Waals surface area contributed by atoms with Gasteiger partial charge >= 0.3 is 0 Å². The van der Waals surface area contributed by atoms with Gasteiger partial charge in [-0.3, -0.25) is 0 Å². The van der Waals surface area contributed by atoms with Crippen molar-refractivity contribution < 1.29 is 4.74 Å². The summed E-state index contributed by atoms with van der Waals surface area (Å²) < 4.78 is 5.40. The molecule has 0 spiro atoms. The summed E-state index contributed by atoms with van der Waals surface area (Å²) in [5.41, 5.74) is 7.15. The SMILES string of the molecule is NCC1(Cc2cc(Cl)ccc2Cl)CCOCC1. The summed E-state index contributed by atoms with van der Waals surface area (Å²) in [6.45, 7) is 2.24. The van der Waals surface area contributed by atoms with Crippen molar-refractivity contribution in [1.29, 1.82) is 0 Å².